The highest BCUT2D eigenvalue weighted by atomic mass is 19.2. The number of anilines is 1. The molecule has 0 radical (unpaired) electrons. The molecule has 1 fully saturated rings. The number of nitro benzene ring substituents is 1. The van der Waals surface area contributed by atoms with Crippen LogP contribution in [0.25, 0.3) is 0 Å². The second-order valence-corrected chi connectivity index (χ2v) is 4.16. The van der Waals surface area contributed by atoms with Gasteiger partial charge in [0.2, 0.25) is 0 Å². The van der Waals surface area contributed by atoms with E-state index in [9.17, 15) is 18.9 Å². The number of benzene rings is 1. The lowest BCUT2D eigenvalue weighted by Gasteiger charge is -2.25. The fraction of sp³-hybridized carbons (Fsp3) is 0.455. The zero-order chi connectivity index (χ0) is 13.3. The second kappa shape index (κ2) is 4.85. The number of aliphatic hydroxyl groups is 1. The monoisotopic (exact) mass is 258 g/mol. The van der Waals surface area contributed by atoms with Gasteiger partial charge in [0.1, 0.15) is 0 Å². The Labute approximate surface area is 102 Å². The van der Waals surface area contributed by atoms with Gasteiger partial charge in [0, 0.05) is 12.6 Å². The first-order chi connectivity index (χ1) is 8.56. The first kappa shape index (κ1) is 12.7. The molecule has 1 heterocycles. The minimum Gasteiger partial charge on any atom is -0.394 e. The molecule has 0 aromatic heterocycles. The van der Waals surface area contributed by atoms with E-state index < -0.39 is 28.3 Å². The minimum absolute atomic E-state index is 0.243. The molecule has 1 aliphatic rings. The van der Waals surface area contributed by atoms with E-state index in [1.807, 2.05) is 0 Å². The van der Waals surface area contributed by atoms with Crippen LogP contribution in [0.3, 0.4) is 0 Å². The van der Waals surface area contributed by atoms with E-state index in [1.165, 1.54) is 4.90 Å². The Kier molecular flexibility index (Phi) is 3.42. The Bertz CT molecular complexity index is 482. The van der Waals surface area contributed by atoms with Crippen molar-refractivity contribution in [3.63, 3.8) is 0 Å². The molecule has 2 rings (SSSR count). The van der Waals surface area contributed by atoms with Gasteiger partial charge >= 0.3 is 0 Å². The van der Waals surface area contributed by atoms with E-state index in [0.29, 0.717) is 19.4 Å². The largest absolute Gasteiger partial charge is 0.394 e. The molecule has 1 aromatic carbocycles. The molecule has 0 spiro atoms. The van der Waals surface area contributed by atoms with Crippen LogP contribution >= 0.6 is 0 Å². The molecule has 98 valence electrons. The van der Waals surface area contributed by atoms with E-state index in [1.54, 1.807) is 0 Å². The molecule has 0 amide bonds. The number of hydrogen-bond acceptors (Lipinski definition) is 4. The summed E-state index contributed by atoms with van der Waals surface area (Å²) in [6.45, 7) is 0.125. The van der Waals surface area contributed by atoms with Crippen LogP contribution in [0, 0.1) is 21.7 Å². The predicted molar refractivity (Wildman–Crippen MR) is 60.5 cm³/mol. The summed E-state index contributed by atoms with van der Waals surface area (Å²) in [5.74, 6) is -2.36. The van der Waals surface area contributed by atoms with Gasteiger partial charge in [-0.2, -0.15) is 0 Å². The molecule has 0 aliphatic carbocycles. The lowest BCUT2D eigenvalue weighted by Crippen LogP contribution is -2.33. The van der Waals surface area contributed by atoms with Gasteiger partial charge in [-0.1, -0.05) is 0 Å². The van der Waals surface area contributed by atoms with Crippen molar-refractivity contribution in [2.75, 3.05) is 18.1 Å². The van der Waals surface area contributed by atoms with Crippen molar-refractivity contribution in [1.29, 1.82) is 0 Å². The van der Waals surface area contributed by atoms with Crippen molar-refractivity contribution in [3.8, 4) is 0 Å². The number of nitrogens with zero attached hydrogens (tertiary/aromatic N) is 2. The molecule has 1 N–H and O–H groups in total. The third-order valence-electron chi connectivity index (χ3n) is 3.12. The van der Waals surface area contributed by atoms with Gasteiger partial charge in [-0.25, -0.2) is 8.78 Å². The highest BCUT2D eigenvalue weighted by Crippen LogP contribution is 2.36. The molecule has 1 aromatic rings. The predicted octanol–water partition coefficient (Wildman–Crippen LogP) is 1.83. The molecule has 7 heteroatoms. The van der Waals surface area contributed by atoms with E-state index in [0.717, 1.165) is 12.1 Å². The maximum atomic E-state index is 13.8. The van der Waals surface area contributed by atoms with Gasteiger partial charge in [0.05, 0.1) is 17.6 Å². The average Bonchev–Trinajstić information content (AvgIpc) is 2.79. The summed E-state index contributed by atoms with van der Waals surface area (Å²) in [6, 6.07) is 1.28. The Hall–Kier alpha value is -1.76. The van der Waals surface area contributed by atoms with Crippen LogP contribution in [0.5, 0.6) is 0 Å². The van der Waals surface area contributed by atoms with Gasteiger partial charge in [0.25, 0.3) is 5.69 Å². The Balaban J connectivity index is 2.53. The van der Waals surface area contributed by atoms with Crippen LogP contribution in [-0.2, 0) is 0 Å². The molecular formula is C11H12F2N2O3. The standard InChI is InChI=1S/C11H12F2N2O3/c12-8-3-4-9(15(17)18)11(10(8)13)14-5-1-2-7(14)6-16/h3-4,7,16H,1-2,5-6H2. The summed E-state index contributed by atoms with van der Waals surface area (Å²) < 4.78 is 27.0. The molecule has 0 bridgehead atoms. The molecule has 1 aliphatic heterocycles. The normalized spacial score (nSPS) is 19.3. The van der Waals surface area contributed by atoms with Crippen LogP contribution in [0.1, 0.15) is 12.8 Å². The number of hydrogen-bond donors (Lipinski definition) is 1. The Morgan fingerprint density at radius 3 is 2.83 bits per heavy atom. The summed E-state index contributed by atoms with van der Waals surface area (Å²) in [4.78, 5) is 11.5. The van der Waals surface area contributed by atoms with Crippen LogP contribution in [0.4, 0.5) is 20.2 Å². The quantitative estimate of drug-likeness (QED) is 0.663. The van der Waals surface area contributed by atoms with Crippen LogP contribution in [0.2, 0.25) is 0 Å². The summed E-state index contributed by atoms with van der Waals surface area (Å²) in [5.41, 5.74) is -0.842. The number of aliphatic hydroxyl groups excluding tert-OH is 1. The lowest BCUT2D eigenvalue weighted by molar-refractivity contribution is -0.384. The smallest absolute Gasteiger partial charge is 0.295 e. The maximum absolute atomic E-state index is 13.8. The van der Waals surface area contributed by atoms with Crippen molar-refractivity contribution in [2.24, 2.45) is 0 Å². The number of nitro groups is 1. The van der Waals surface area contributed by atoms with E-state index in [4.69, 9.17) is 5.11 Å². The minimum atomic E-state index is -1.23. The van der Waals surface area contributed by atoms with Gasteiger partial charge in [-0.3, -0.25) is 10.1 Å². The van der Waals surface area contributed by atoms with Crippen molar-refractivity contribution in [3.05, 3.63) is 33.9 Å². The Morgan fingerprint density at radius 2 is 2.22 bits per heavy atom. The summed E-state index contributed by atoms with van der Waals surface area (Å²) in [6.07, 6.45) is 1.28. The summed E-state index contributed by atoms with van der Waals surface area (Å²) >= 11 is 0. The zero-order valence-electron chi connectivity index (χ0n) is 9.47. The van der Waals surface area contributed by atoms with E-state index >= 15 is 0 Å². The van der Waals surface area contributed by atoms with Gasteiger partial charge in [0.15, 0.2) is 17.3 Å². The molecule has 0 saturated carbocycles. The third kappa shape index (κ3) is 2.01. The molecule has 18 heavy (non-hydrogen) atoms. The van der Waals surface area contributed by atoms with Crippen molar-refractivity contribution >= 4 is 11.4 Å². The molecule has 5 nitrogen and oxygen atoms in total. The fourth-order valence-electron chi connectivity index (χ4n) is 2.27. The highest BCUT2D eigenvalue weighted by Gasteiger charge is 2.33. The Morgan fingerprint density at radius 1 is 1.50 bits per heavy atom. The molecule has 1 unspecified atom stereocenters. The first-order valence-corrected chi connectivity index (χ1v) is 5.56. The maximum Gasteiger partial charge on any atom is 0.295 e. The summed E-state index contributed by atoms with van der Waals surface area (Å²) in [7, 11) is 0. The topological polar surface area (TPSA) is 66.6 Å². The molecule has 1 saturated heterocycles. The molecule has 1 atom stereocenters. The van der Waals surface area contributed by atoms with E-state index in [-0.39, 0.29) is 12.3 Å². The fourth-order valence-corrected chi connectivity index (χ4v) is 2.27. The lowest BCUT2D eigenvalue weighted by atomic mass is 10.2. The van der Waals surface area contributed by atoms with Crippen LogP contribution in [-0.4, -0.2) is 29.2 Å². The van der Waals surface area contributed by atoms with Gasteiger partial charge < -0.3 is 10.0 Å². The van der Waals surface area contributed by atoms with Crippen molar-refractivity contribution in [2.45, 2.75) is 18.9 Å². The van der Waals surface area contributed by atoms with Gasteiger partial charge in [-0.05, 0) is 18.9 Å². The van der Waals surface area contributed by atoms with E-state index in [2.05, 4.69) is 0 Å². The third-order valence-corrected chi connectivity index (χ3v) is 3.12. The number of rotatable bonds is 3. The summed E-state index contributed by atoms with van der Waals surface area (Å²) in [5, 5.41) is 20.0. The number of halogens is 2. The van der Waals surface area contributed by atoms with Crippen LogP contribution in [0.15, 0.2) is 12.1 Å². The zero-order valence-corrected chi connectivity index (χ0v) is 9.47. The van der Waals surface area contributed by atoms with Crippen molar-refractivity contribution < 1.29 is 18.8 Å². The van der Waals surface area contributed by atoms with Gasteiger partial charge in [-0.15, -0.1) is 0 Å². The molecular weight excluding hydrogens is 246 g/mol. The average molecular weight is 258 g/mol. The first-order valence-electron chi connectivity index (χ1n) is 5.56. The van der Waals surface area contributed by atoms with Crippen LogP contribution < -0.4 is 4.90 Å². The highest BCUT2D eigenvalue weighted by molar-refractivity contribution is 5.65. The second-order valence-electron chi connectivity index (χ2n) is 4.16. The SMILES string of the molecule is O=[N+]([O-])c1ccc(F)c(F)c1N1CCCC1CO. The van der Waals surface area contributed by atoms with Crippen molar-refractivity contribution in [1.82, 2.24) is 0 Å².